The van der Waals surface area contributed by atoms with Crippen LogP contribution < -0.4 is 10.0 Å². The molecule has 0 atom stereocenters. The Morgan fingerprint density at radius 2 is 1.44 bits per heavy atom. The zero-order valence-corrected chi connectivity index (χ0v) is 16.1. The van der Waals surface area contributed by atoms with Gasteiger partial charge in [0, 0.05) is 17.8 Å². The number of pyridine rings is 1. The van der Waals surface area contributed by atoms with Gasteiger partial charge in [0.05, 0.1) is 5.56 Å². The van der Waals surface area contributed by atoms with E-state index in [1.54, 1.807) is 0 Å². The Morgan fingerprint density at radius 3 is 1.96 bits per heavy atom. The van der Waals surface area contributed by atoms with Crippen LogP contribution in [0.25, 0.3) is 0 Å². The molecule has 4 nitrogen and oxygen atoms in total. The minimum absolute atomic E-state index is 0. The minimum atomic E-state index is -0.187. The zero-order valence-electron chi connectivity index (χ0n) is 15.3. The highest BCUT2D eigenvalue weighted by molar-refractivity contribution is 6.04. The standard InChI is InChI=1S/C22H24N2O2.ClH/c25-21(18-5-7-24(26)8-6-18)23-20-3-1-19(2-4-20)22-12-15-9-16(13-22)11-17(10-15)14-22;/h1-8,15-17H,9-14H2,(H,23,25);1H. The number of nitrogens with zero attached hydrogens (tertiary/aromatic N) is 1. The fraction of sp³-hybridized carbons (Fsp3) is 0.455. The highest BCUT2D eigenvalue weighted by Crippen LogP contribution is 2.60. The van der Waals surface area contributed by atoms with Crippen molar-refractivity contribution < 1.29 is 9.52 Å². The molecule has 0 radical (unpaired) electrons. The highest BCUT2D eigenvalue weighted by atomic mass is 35.5. The summed E-state index contributed by atoms with van der Waals surface area (Å²) in [7, 11) is 0. The molecule has 5 heteroatoms. The van der Waals surface area contributed by atoms with Crippen LogP contribution in [0, 0.1) is 23.0 Å². The third-order valence-corrected chi connectivity index (χ3v) is 6.86. The van der Waals surface area contributed by atoms with E-state index >= 15 is 0 Å². The van der Waals surface area contributed by atoms with Gasteiger partial charge in [-0.05, 0) is 79.4 Å². The Hall–Kier alpha value is -2.07. The minimum Gasteiger partial charge on any atom is -0.619 e. The van der Waals surface area contributed by atoms with Crippen LogP contribution in [-0.4, -0.2) is 5.91 Å². The third-order valence-electron chi connectivity index (χ3n) is 6.86. The first-order chi connectivity index (χ1) is 12.6. The van der Waals surface area contributed by atoms with Crippen LogP contribution in [-0.2, 0) is 5.41 Å². The molecule has 2 aromatic rings. The van der Waals surface area contributed by atoms with Gasteiger partial charge in [-0.2, -0.15) is 4.73 Å². The number of carbonyl (C=O) groups excluding carboxylic acids is 1. The van der Waals surface area contributed by atoms with E-state index in [0.717, 1.165) is 23.4 Å². The molecule has 4 fully saturated rings. The van der Waals surface area contributed by atoms with Crippen LogP contribution in [0.2, 0.25) is 0 Å². The Morgan fingerprint density at radius 1 is 0.926 bits per heavy atom. The van der Waals surface area contributed by atoms with Crippen LogP contribution in [0.3, 0.4) is 0 Å². The van der Waals surface area contributed by atoms with Crippen molar-refractivity contribution in [3.8, 4) is 0 Å². The summed E-state index contributed by atoms with van der Waals surface area (Å²) >= 11 is 0. The summed E-state index contributed by atoms with van der Waals surface area (Å²) < 4.78 is 0.678. The molecule has 1 heterocycles. The molecule has 1 N–H and O–H groups in total. The molecular weight excluding hydrogens is 360 g/mol. The molecule has 142 valence electrons. The molecule has 4 aliphatic carbocycles. The number of carbonyl (C=O) groups is 1. The molecule has 4 saturated carbocycles. The second kappa shape index (κ2) is 6.83. The van der Waals surface area contributed by atoms with Gasteiger partial charge in [-0.25, -0.2) is 0 Å². The van der Waals surface area contributed by atoms with Gasteiger partial charge in [0.15, 0.2) is 12.4 Å². The number of benzene rings is 1. The fourth-order valence-corrected chi connectivity index (χ4v) is 6.14. The number of halogens is 1. The summed E-state index contributed by atoms with van der Waals surface area (Å²) in [5.41, 5.74) is 3.14. The lowest BCUT2D eigenvalue weighted by Gasteiger charge is -2.57. The van der Waals surface area contributed by atoms with E-state index < -0.39 is 0 Å². The first kappa shape index (κ1) is 18.3. The van der Waals surface area contributed by atoms with Crippen LogP contribution in [0.1, 0.15) is 54.4 Å². The van der Waals surface area contributed by atoms with Crippen molar-refractivity contribution in [2.75, 3.05) is 5.32 Å². The van der Waals surface area contributed by atoms with Crippen molar-refractivity contribution in [2.45, 2.75) is 43.9 Å². The Bertz CT molecular complexity index is 797. The summed E-state index contributed by atoms with van der Waals surface area (Å²) in [6, 6.07) is 11.6. The number of amides is 1. The summed E-state index contributed by atoms with van der Waals surface area (Å²) in [5.74, 6) is 2.61. The molecule has 0 aliphatic heterocycles. The SMILES string of the molecule is Cl.O=C(Nc1ccc(C23CC4CC(CC(C4)C2)C3)cc1)c1cc[n+]([O-])cc1. The van der Waals surface area contributed by atoms with Crippen molar-refractivity contribution in [2.24, 2.45) is 17.8 Å². The molecule has 0 spiro atoms. The fourth-order valence-electron chi connectivity index (χ4n) is 6.14. The second-order valence-corrected chi connectivity index (χ2v) is 8.68. The first-order valence-corrected chi connectivity index (χ1v) is 9.70. The maximum absolute atomic E-state index is 12.3. The predicted octanol–water partition coefficient (Wildman–Crippen LogP) is 4.46. The molecular formula is C22H25ClN2O2. The lowest BCUT2D eigenvalue weighted by Crippen LogP contribution is -2.48. The summed E-state index contributed by atoms with van der Waals surface area (Å²) in [6.07, 6.45) is 11.1. The topological polar surface area (TPSA) is 56.0 Å². The van der Waals surface area contributed by atoms with Gasteiger partial charge in [0.1, 0.15) is 0 Å². The summed E-state index contributed by atoms with van der Waals surface area (Å²) in [6.45, 7) is 0. The Balaban J connectivity index is 0.00000180. The van der Waals surface area contributed by atoms with Crippen LogP contribution >= 0.6 is 12.4 Å². The van der Waals surface area contributed by atoms with Gasteiger partial charge < -0.3 is 10.5 Å². The van der Waals surface area contributed by atoms with Crippen LogP contribution in [0.4, 0.5) is 5.69 Å². The van der Waals surface area contributed by atoms with Gasteiger partial charge in [-0.1, -0.05) is 12.1 Å². The van der Waals surface area contributed by atoms with E-state index in [4.69, 9.17) is 0 Å². The van der Waals surface area contributed by atoms with Crippen molar-refractivity contribution in [1.82, 2.24) is 0 Å². The van der Waals surface area contributed by atoms with Crippen LogP contribution in [0.15, 0.2) is 48.8 Å². The van der Waals surface area contributed by atoms with Gasteiger partial charge in [-0.3, -0.25) is 4.79 Å². The van der Waals surface area contributed by atoms with Gasteiger partial charge >= 0.3 is 0 Å². The average Bonchev–Trinajstić information content (AvgIpc) is 2.61. The van der Waals surface area contributed by atoms with E-state index in [0.29, 0.717) is 15.7 Å². The lowest BCUT2D eigenvalue weighted by atomic mass is 9.48. The van der Waals surface area contributed by atoms with Gasteiger partial charge in [0.2, 0.25) is 0 Å². The predicted molar refractivity (Wildman–Crippen MR) is 107 cm³/mol. The molecule has 0 saturated heterocycles. The Kier molecular flexibility index (Phi) is 4.63. The van der Waals surface area contributed by atoms with E-state index in [9.17, 15) is 10.0 Å². The van der Waals surface area contributed by atoms with E-state index in [-0.39, 0.29) is 18.3 Å². The maximum atomic E-state index is 12.3. The molecule has 1 aromatic heterocycles. The number of hydrogen-bond donors (Lipinski definition) is 1. The maximum Gasteiger partial charge on any atom is 0.256 e. The van der Waals surface area contributed by atoms with Crippen molar-refractivity contribution in [3.05, 3.63) is 65.1 Å². The first-order valence-electron chi connectivity index (χ1n) is 9.70. The smallest absolute Gasteiger partial charge is 0.256 e. The van der Waals surface area contributed by atoms with Crippen LogP contribution in [0.5, 0.6) is 0 Å². The monoisotopic (exact) mass is 384 g/mol. The molecule has 1 aromatic carbocycles. The molecule has 4 bridgehead atoms. The largest absolute Gasteiger partial charge is 0.619 e. The number of anilines is 1. The number of rotatable bonds is 3. The van der Waals surface area contributed by atoms with E-state index in [2.05, 4.69) is 17.4 Å². The summed E-state index contributed by atoms with van der Waals surface area (Å²) in [4.78, 5) is 12.3. The van der Waals surface area contributed by atoms with Crippen molar-refractivity contribution in [1.29, 1.82) is 0 Å². The number of aromatic nitrogens is 1. The lowest BCUT2D eigenvalue weighted by molar-refractivity contribution is -0.605. The van der Waals surface area contributed by atoms with Crippen molar-refractivity contribution >= 4 is 24.0 Å². The average molecular weight is 385 g/mol. The molecule has 6 rings (SSSR count). The van der Waals surface area contributed by atoms with Gasteiger partial charge in [-0.15, -0.1) is 12.4 Å². The quantitative estimate of drug-likeness (QED) is 0.627. The number of nitrogens with one attached hydrogen (secondary N) is 1. The number of hydrogen-bond acceptors (Lipinski definition) is 2. The third kappa shape index (κ3) is 3.31. The second-order valence-electron chi connectivity index (χ2n) is 8.68. The van der Waals surface area contributed by atoms with Crippen molar-refractivity contribution in [3.63, 3.8) is 0 Å². The highest BCUT2D eigenvalue weighted by Gasteiger charge is 2.51. The van der Waals surface area contributed by atoms with E-state index in [1.165, 1.54) is 68.6 Å². The Labute approximate surface area is 166 Å². The molecule has 0 unspecified atom stereocenters. The zero-order chi connectivity index (χ0) is 17.7. The van der Waals surface area contributed by atoms with Gasteiger partial charge in [0.25, 0.3) is 5.91 Å². The molecule has 4 aliphatic rings. The molecule has 27 heavy (non-hydrogen) atoms. The van der Waals surface area contributed by atoms with E-state index in [1.807, 2.05) is 12.1 Å². The normalized spacial score (nSPS) is 30.6. The molecule has 1 amide bonds. The summed E-state index contributed by atoms with van der Waals surface area (Å²) in [5, 5.41) is 14.0.